The van der Waals surface area contributed by atoms with Gasteiger partial charge in [-0.25, -0.2) is 9.97 Å². The molecular formula is C47H34N2. The molecule has 49 heavy (non-hydrogen) atoms. The number of hydrogen-bond donors (Lipinski definition) is 0. The molecule has 7 aromatic carbocycles. The van der Waals surface area contributed by atoms with E-state index in [2.05, 4.69) is 166 Å². The number of hydrogen-bond acceptors (Lipinski definition) is 2. The highest BCUT2D eigenvalue weighted by Crippen LogP contribution is 2.53. The zero-order chi connectivity index (χ0) is 33.0. The van der Waals surface area contributed by atoms with Crippen LogP contribution >= 0.6 is 0 Å². The Morgan fingerprint density at radius 1 is 0.367 bits per heavy atom. The fraction of sp³-hybridized carbons (Fsp3) is 0.0638. The number of fused-ring (bicyclic) bond motifs is 4. The highest BCUT2D eigenvalue weighted by atomic mass is 14.9. The summed E-state index contributed by atoms with van der Waals surface area (Å²) in [5, 5.41) is 2.38. The van der Waals surface area contributed by atoms with Crippen molar-refractivity contribution in [3.8, 4) is 67.3 Å². The van der Waals surface area contributed by atoms with Gasteiger partial charge < -0.3 is 0 Å². The van der Waals surface area contributed by atoms with Crippen molar-refractivity contribution < 1.29 is 0 Å². The van der Waals surface area contributed by atoms with Crippen LogP contribution in [0.25, 0.3) is 78.1 Å². The lowest BCUT2D eigenvalue weighted by molar-refractivity contribution is 0.660. The molecular weight excluding hydrogens is 593 g/mol. The van der Waals surface area contributed by atoms with Crippen molar-refractivity contribution >= 4 is 10.8 Å². The van der Waals surface area contributed by atoms with Gasteiger partial charge in [0.1, 0.15) is 0 Å². The topological polar surface area (TPSA) is 25.8 Å². The molecule has 1 aromatic heterocycles. The van der Waals surface area contributed by atoms with Crippen molar-refractivity contribution in [1.29, 1.82) is 0 Å². The summed E-state index contributed by atoms with van der Waals surface area (Å²) < 4.78 is 0. The Morgan fingerprint density at radius 3 is 1.61 bits per heavy atom. The van der Waals surface area contributed by atoms with Crippen molar-refractivity contribution in [1.82, 2.24) is 9.97 Å². The molecule has 9 rings (SSSR count). The average molecular weight is 627 g/mol. The molecule has 0 radical (unpaired) electrons. The van der Waals surface area contributed by atoms with E-state index in [4.69, 9.17) is 9.97 Å². The third-order valence-corrected chi connectivity index (χ3v) is 10.1. The maximum absolute atomic E-state index is 5.25. The van der Waals surface area contributed by atoms with E-state index in [0.29, 0.717) is 5.82 Å². The number of aromatic nitrogens is 2. The van der Waals surface area contributed by atoms with Crippen LogP contribution in [0.4, 0.5) is 0 Å². The van der Waals surface area contributed by atoms with E-state index in [1.54, 1.807) is 0 Å². The Bertz CT molecular complexity index is 2510. The summed E-state index contributed by atoms with van der Waals surface area (Å²) in [5.41, 5.74) is 15.1. The van der Waals surface area contributed by atoms with Gasteiger partial charge in [0.15, 0.2) is 5.82 Å². The van der Waals surface area contributed by atoms with Crippen molar-refractivity contribution in [2.24, 2.45) is 0 Å². The van der Waals surface area contributed by atoms with Crippen LogP contribution in [0.15, 0.2) is 170 Å². The Kier molecular flexibility index (Phi) is 6.84. The minimum Gasteiger partial charge on any atom is -0.228 e. The van der Waals surface area contributed by atoms with Crippen molar-refractivity contribution in [3.63, 3.8) is 0 Å². The molecule has 2 heteroatoms. The number of nitrogens with zero attached hydrogens (tertiary/aromatic N) is 2. The van der Waals surface area contributed by atoms with E-state index in [-0.39, 0.29) is 5.41 Å². The molecule has 0 fully saturated rings. The number of rotatable bonds is 5. The molecule has 0 aliphatic heterocycles. The van der Waals surface area contributed by atoms with Gasteiger partial charge in [-0.05, 0) is 61.3 Å². The van der Waals surface area contributed by atoms with Crippen LogP contribution in [0.3, 0.4) is 0 Å². The summed E-state index contributed by atoms with van der Waals surface area (Å²) in [6.45, 7) is 4.69. The molecule has 1 heterocycles. The summed E-state index contributed by atoms with van der Waals surface area (Å²) in [7, 11) is 0. The van der Waals surface area contributed by atoms with Gasteiger partial charge in [0, 0.05) is 22.1 Å². The molecule has 0 amide bonds. The molecule has 232 valence electrons. The standard InChI is InChI=1S/C47H34N2/c1-47(2)41-26-14-13-24-40(41)45-39(25-15-27-42(45)47)36-28-29-38(35-22-11-10-21-34(35)36)44-30-43(48-46(49-44)32-18-7-4-8-19-32)37-23-12-9-20-33(37)31-16-5-3-6-17-31/h3-30H,1-2H3. The van der Waals surface area contributed by atoms with Crippen LogP contribution in [0.1, 0.15) is 25.0 Å². The van der Waals surface area contributed by atoms with Gasteiger partial charge in [-0.1, -0.05) is 178 Å². The van der Waals surface area contributed by atoms with Crippen molar-refractivity contribution in [2.45, 2.75) is 19.3 Å². The van der Waals surface area contributed by atoms with Gasteiger partial charge in [0.05, 0.1) is 11.4 Å². The zero-order valence-corrected chi connectivity index (χ0v) is 27.6. The highest BCUT2D eigenvalue weighted by Gasteiger charge is 2.36. The third-order valence-electron chi connectivity index (χ3n) is 10.1. The van der Waals surface area contributed by atoms with Gasteiger partial charge in [-0.15, -0.1) is 0 Å². The molecule has 1 aliphatic rings. The van der Waals surface area contributed by atoms with Gasteiger partial charge in [0.25, 0.3) is 0 Å². The van der Waals surface area contributed by atoms with Gasteiger partial charge >= 0.3 is 0 Å². The van der Waals surface area contributed by atoms with Gasteiger partial charge in [0.2, 0.25) is 0 Å². The summed E-state index contributed by atoms with van der Waals surface area (Å²) >= 11 is 0. The first-order valence-electron chi connectivity index (χ1n) is 16.9. The van der Waals surface area contributed by atoms with Crippen LogP contribution in [-0.2, 0) is 5.41 Å². The van der Waals surface area contributed by atoms with E-state index >= 15 is 0 Å². The lowest BCUT2D eigenvalue weighted by Gasteiger charge is -2.22. The monoisotopic (exact) mass is 626 g/mol. The second-order valence-corrected chi connectivity index (χ2v) is 13.3. The molecule has 1 aliphatic carbocycles. The molecule has 8 aromatic rings. The Morgan fingerprint density at radius 2 is 0.878 bits per heavy atom. The van der Waals surface area contributed by atoms with E-state index < -0.39 is 0 Å². The Hall–Kier alpha value is -6.12. The average Bonchev–Trinajstić information content (AvgIpc) is 3.41. The maximum atomic E-state index is 5.25. The molecule has 0 saturated heterocycles. The summed E-state index contributed by atoms with van der Waals surface area (Å²) in [6, 6.07) is 60.5. The van der Waals surface area contributed by atoms with Crippen LogP contribution in [0.2, 0.25) is 0 Å². The SMILES string of the molecule is CC1(C)c2ccccc2-c2c(-c3ccc(-c4cc(-c5ccccc5-c5ccccc5)nc(-c5ccccc5)n4)c4ccccc34)cccc21. The van der Waals surface area contributed by atoms with E-state index in [0.717, 1.165) is 39.2 Å². The van der Waals surface area contributed by atoms with E-state index in [1.165, 1.54) is 44.2 Å². The van der Waals surface area contributed by atoms with E-state index in [1.807, 2.05) is 18.2 Å². The quantitative estimate of drug-likeness (QED) is 0.190. The predicted octanol–water partition coefficient (Wildman–Crippen LogP) is 12.3. The third kappa shape index (κ3) is 4.79. The molecule has 0 bridgehead atoms. The van der Waals surface area contributed by atoms with Gasteiger partial charge in [-0.3, -0.25) is 0 Å². The van der Waals surface area contributed by atoms with Crippen LogP contribution in [-0.4, -0.2) is 9.97 Å². The number of benzene rings is 7. The summed E-state index contributed by atoms with van der Waals surface area (Å²) in [4.78, 5) is 10.4. The predicted molar refractivity (Wildman–Crippen MR) is 204 cm³/mol. The normalized spacial score (nSPS) is 12.9. The Balaban J connectivity index is 1.27. The van der Waals surface area contributed by atoms with Crippen molar-refractivity contribution in [3.05, 3.63) is 181 Å². The first-order chi connectivity index (χ1) is 24.1. The fourth-order valence-electron chi connectivity index (χ4n) is 7.75. The molecule has 0 saturated carbocycles. The van der Waals surface area contributed by atoms with E-state index in [9.17, 15) is 0 Å². The largest absolute Gasteiger partial charge is 0.228 e. The van der Waals surface area contributed by atoms with Crippen molar-refractivity contribution in [2.75, 3.05) is 0 Å². The minimum absolute atomic E-state index is 0.0566. The second-order valence-electron chi connectivity index (χ2n) is 13.3. The highest BCUT2D eigenvalue weighted by molar-refractivity contribution is 6.08. The van der Waals surface area contributed by atoms with Crippen LogP contribution < -0.4 is 0 Å². The smallest absolute Gasteiger partial charge is 0.160 e. The maximum Gasteiger partial charge on any atom is 0.160 e. The molecule has 0 spiro atoms. The zero-order valence-electron chi connectivity index (χ0n) is 27.6. The van der Waals surface area contributed by atoms with Gasteiger partial charge in [-0.2, -0.15) is 0 Å². The first-order valence-corrected chi connectivity index (χ1v) is 16.9. The Labute approximate surface area is 287 Å². The minimum atomic E-state index is -0.0566. The molecule has 0 unspecified atom stereocenters. The molecule has 0 atom stereocenters. The van der Waals surface area contributed by atoms with Crippen LogP contribution in [0, 0.1) is 0 Å². The summed E-state index contributed by atoms with van der Waals surface area (Å²) in [5.74, 6) is 0.712. The summed E-state index contributed by atoms with van der Waals surface area (Å²) in [6.07, 6.45) is 0. The first kappa shape index (κ1) is 29.1. The lowest BCUT2D eigenvalue weighted by atomic mass is 9.81. The second kappa shape index (κ2) is 11.5. The van der Waals surface area contributed by atoms with Crippen LogP contribution in [0.5, 0.6) is 0 Å². The molecule has 0 N–H and O–H groups in total. The lowest BCUT2D eigenvalue weighted by Crippen LogP contribution is -2.14. The fourth-order valence-corrected chi connectivity index (χ4v) is 7.75. The molecule has 2 nitrogen and oxygen atoms in total.